The highest BCUT2D eigenvalue weighted by Gasteiger charge is 2.62. The lowest BCUT2D eigenvalue weighted by atomic mass is 10.1. The summed E-state index contributed by atoms with van der Waals surface area (Å²) < 4.78 is 17.5. The molecule has 0 bridgehead atoms. The number of nitrogens with one attached hydrogen (secondary N) is 1. The summed E-state index contributed by atoms with van der Waals surface area (Å²) in [5.74, 6) is -4.48. The Hall–Kier alpha value is -2.39. The number of fused-ring (bicyclic) bond motifs is 1. The Kier molecular flexibility index (Phi) is 5.24. The molecule has 1 unspecified atom stereocenters. The van der Waals surface area contributed by atoms with E-state index in [1.165, 1.54) is 9.92 Å². The number of hydrogen-bond acceptors (Lipinski definition) is 11. The summed E-state index contributed by atoms with van der Waals surface area (Å²) in [4.78, 5) is 30.4. The number of aliphatic hydroxyl groups is 3. The monoisotopic (exact) mass is 461 g/mol. The van der Waals surface area contributed by atoms with Gasteiger partial charge in [-0.15, -0.1) is 0 Å². The topological polar surface area (TPSA) is 182 Å². The van der Waals surface area contributed by atoms with Crippen molar-refractivity contribution in [1.82, 2.24) is 18.1 Å². The standard InChI is InChI=1S/C14H16BrN5O8/c1-5(21)26-12(24)8-9(23)14(25,28-6(2)22)13(27-8)19-3-17-7-10(16)18-4-20(15)11(7)19/h3-4,8-9,12-13,16,23-25H,1-2H3/t8-,9+,12?,13+,14-/m0/s1. The summed E-state index contributed by atoms with van der Waals surface area (Å²) in [7, 11) is 0. The predicted octanol–water partition coefficient (Wildman–Crippen LogP) is -1.74. The first kappa shape index (κ1) is 20.3. The van der Waals surface area contributed by atoms with Crippen molar-refractivity contribution in [1.29, 1.82) is 5.41 Å². The van der Waals surface area contributed by atoms with Crippen molar-refractivity contribution in [2.75, 3.05) is 0 Å². The minimum Gasteiger partial charge on any atom is -0.433 e. The van der Waals surface area contributed by atoms with Crippen LogP contribution in [-0.4, -0.2) is 69.7 Å². The second-order valence-corrected chi connectivity index (χ2v) is 6.74. The van der Waals surface area contributed by atoms with Crippen LogP contribution >= 0.6 is 16.1 Å². The maximum absolute atomic E-state index is 11.5. The van der Waals surface area contributed by atoms with Crippen LogP contribution in [0.2, 0.25) is 0 Å². The fraction of sp³-hybridized carbons (Fsp3) is 0.500. The predicted molar refractivity (Wildman–Crippen MR) is 90.1 cm³/mol. The zero-order valence-electron chi connectivity index (χ0n) is 14.5. The molecule has 1 aliphatic heterocycles. The number of esters is 2. The zero-order chi connectivity index (χ0) is 20.8. The van der Waals surface area contributed by atoms with Crippen molar-refractivity contribution < 1.29 is 39.1 Å². The molecule has 0 aliphatic carbocycles. The lowest BCUT2D eigenvalue weighted by molar-refractivity contribution is -0.263. The zero-order valence-corrected chi connectivity index (χ0v) is 16.1. The number of carbonyl (C=O) groups is 2. The molecule has 5 atom stereocenters. The van der Waals surface area contributed by atoms with Gasteiger partial charge in [0.2, 0.25) is 12.5 Å². The van der Waals surface area contributed by atoms with Gasteiger partial charge in [0, 0.05) is 13.8 Å². The Balaban J connectivity index is 2.12. The first-order valence-corrected chi connectivity index (χ1v) is 8.53. The molecule has 2 aromatic heterocycles. The van der Waals surface area contributed by atoms with Gasteiger partial charge >= 0.3 is 11.9 Å². The lowest BCUT2D eigenvalue weighted by Gasteiger charge is -2.30. The van der Waals surface area contributed by atoms with Gasteiger partial charge in [0.05, 0.1) is 22.5 Å². The fourth-order valence-electron chi connectivity index (χ4n) is 2.90. The van der Waals surface area contributed by atoms with Crippen molar-refractivity contribution >= 4 is 39.2 Å². The molecular formula is C14H16BrN5O8. The average molecular weight is 462 g/mol. The average Bonchev–Trinajstić information content (AvgIpc) is 3.12. The van der Waals surface area contributed by atoms with Gasteiger partial charge in [-0.25, -0.2) is 13.6 Å². The van der Waals surface area contributed by atoms with Crippen LogP contribution in [-0.2, 0) is 23.8 Å². The molecule has 1 fully saturated rings. The molecule has 4 N–H and O–H groups in total. The van der Waals surface area contributed by atoms with Crippen molar-refractivity contribution in [3.05, 3.63) is 18.1 Å². The summed E-state index contributed by atoms with van der Waals surface area (Å²) in [6, 6.07) is 0. The molecular weight excluding hydrogens is 446 g/mol. The van der Waals surface area contributed by atoms with Crippen molar-refractivity contribution in [2.24, 2.45) is 0 Å². The highest BCUT2D eigenvalue weighted by atomic mass is 79.9. The van der Waals surface area contributed by atoms with Crippen LogP contribution in [0.1, 0.15) is 20.1 Å². The molecule has 0 aromatic carbocycles. The first-order chi connectivity index (χ1) is 13.1. The Morgan fingerprint density at radius 2 is 2.04 bits per heavy atom. The van der Waals surface area contributed by atoms with Gasteiger partial charge in [-0.05, 0) is 0 Å². The third-order valence-electron chi connectivity index (χ3n) is 3.98. The van der Waals surface area contributed by atoms with E-state index in [1.54, 1.807) is 0 Å². The quantitative estimate of drug-likeness (QED) is 0.301. The molecule has 0 saturated carbocycles. The summed E-state index contributed by atoms with van der Waals surface area (Å²) in [6.07, 6.45) is -4.82. The molecule has 13 nitrogen and oxygen atoms in total. The molecule has 1 saturated heterocycles. The Morgan fingerprint density at radius 3 is 2.64 bits per heavy atom. The van der Waals surface area contributed by atoms with Crippen LogP contribution in [0.3, 0.4) is 0 Å². The van der Waals surface area contributed by atoms with Gasteiger partial charge < -0.3 is 29.5 Å². The smallest absolute Gasteiger partial charge is 0.305 e. The number of hydrogen-bond donors (Lipinski definition) is 4. The van der Waals surface area contributed by atoms with Crippen LogP contribution in [0.5, 0.6) is 0 Å². The van der Waals surface area contributed by atoms with Crippen molar-refractivity contribution in [2.45, 2.75) is 44.4 Å². The minimum absolute atomic E-state index is 0.103. The second kappa shape index (κ2) is 7.21. The molecule has 14 heteroatoms. The van der Waals surface area contributed by atoms with Gasteiger partial charge in [0.25, 0.3) is 5.79 Å². The van der Waals surface area contributed by atoms with Crippen LogP contribution in [0.15, 0.2) is 12.7 Å². The highest BCUT2D eigenvalue weighted by molar-refractivity contribution is 9.08. The number of halogens is 1. The lowest BCUT2D eigenvalue weighted by Crippen LogP contribution is -2.51. The van der Waals surface area contributed by atoms with Gasteiger partial charge in [0.15, 0.2) is 28.9 Å². The van der Waals surface area contributed by atoms with Crippen LogP contribution < -0.4 is 5.49 Å². The van der Waals surface area contributed by atoms with Gasteiger partial charge in [-0.2, -0.15) is 0 Å². The summed E-state index contributed by atoms with van der Waals surface area (Å²) >= 11 is 3.17. The number of imidazole rings is 1. The second-order valence-electron chi connectivity index (χ2n) is 5.97. The van der Waals surface area contributed by atoms with E-state index in [1.807, 2.05) is 0 Å². The molecule has 1 aliphatic rings. The Morgan fingerprint density at radius 1 is 1.36 bits per heavy atom. The minimum atomic E-state index is -2.67. The van der Waals surface area contributed by atoms with E-state index in [2.05, 4.69) is 30.9 Å². The highest BCUT2D eigenvalue weighted by Crippen LogP contribution is 2.42. The van der Waals surface area contributed by atoms with Gasteiger partial charge in [-0.1, -0.05) is 0 Å². The van der Waals surface area contributed by atoms with Gasteiger partial charge in [0.1, 0.15) is 6.33 Å². The van der Waals surface area contributed by atoms with Crippen molar-refractivity contribution in [3.8, 4) is 0 Å². The molecule has 0 radical (unpaired) electrons. The van der Waals surface area contributed by atoms with E-state index in [0.29, 0.717) is 0 Å². The fourth-order valence-corrected chi connectivity index (χ4v) is 3.34. The van der Waals surface area contributed by atoms with Crippen molar-refractivity contribution in [3.63, 3.8) is 0 Å². The van der Waals surface area contributed by atoms with E-state index in [9.17, 15) is 24.9 Å². The number of carbonyl (C=O) groups excluding carboxylic acids is 2. The summed E-state index contributed by atoms with van der Waals surface area (Å²) in [6.45, 7) is 2.03. The first-order valence-electron chi connectivity index (χ1n) is 7.82. The largest absolute Gasteiger partial charge is 0.433 e. The normalized spacial score (nSPS) is 28.3. The summed E-state index contributed by atoms with van der Waals surface area (Å²) in [5, 5.41) is 39.3. The third-order valence-corrected chi connectivity index (χ3v) is 4.50. The molecule has 0 spiro atoms. The number of aromatic nitrogens is 4. The maximum Gasteiger partial charge on any atom is 0.305 e. The number of rotatable bonds is 4. The molecule has 152 valence electrons. The van der Waals surface area contributed by atoms with E-state index in [4.69, 9.17) is 14.9 Å². The third kappa shape index (κ3) is 3.29. The van der Waals surface area contributed by atoms with Crippen LogP contribution in [0, 0.1) is 5.41 Å². The van der Waals surface area contributed by atoms with E-state index < -0.39 is 42.5 Å². The molecule has 3 rings (SSSR count). The van der Waals surface area contributed by atoms with Crippen LogP contribution in [0.25, 0.3) is 11.2 Å². The van der Waals surface area contributed by atoms with Gasteiger partial charge in [-0.3, -0.25) is 19.6 Å². The molecule has 28 heavy (non-hydrogen) atoms. The maximum atomic E-state index is 11.5. The Bertz CT molecular complexity index is 992. The molecule has 0 amide bonds. The summed E-state index contributed by atoms with van der Waals surface area (Å²) in [5.41, 5.74) is 0.0903. The van der Waals surface area contributed by atoms with E-state index >= 15 is 0 Å². The van der Waals surface area contributed by atoms with E-state index in [-0.39, 0.29) is 16.7 Å². The van der Waals surface area contributed by atoms with Crippen LogP contribution in [0.4, 0.5) is 0 Å². The SMILES string of the molecule is CC(=O)OC(O)[C@H]1O[C@@H](n2cnc3c(=N)ncn(Br)c32)[C@@](O)(OC(C)=O)[C@@H]1O. The Labute approximate surface area is 164 Å². The van der Waals surface area contributed by atoms with E-state index in [0.717, 1.165) is 24.7 Å². The molecule has 3 heterocycles. The number of nitrogens with zero attached hydrogens (tertiary/aromatic N) is 4. The number of aliphatic hydroxyl groups excluding tert-OH is 2. The molecule has 2 aromatic rings. The number of ether oxygens (including phenoxy) is 3.